The number of thiophene rings is 1. The van der Waals surface area contributed by atoms with Gasteiger partial charge in [-0.1, -0.05) is 29.8 Å². The summed E-state index contributed by atoms with van der Waals surface area (Å²) in [5.74, 6) is -0.164. The first-order chi connectivity index (χ1) is 11.6. The number of carbonyl (C=O) groups excluding carboxylic acids is 2. The maximum Gasteiger partial charge on any atom is 0.264 e. The van der Waals surface area contributed by atoms with Gasteiger partial charge in [0.25, 0.3) is 5.91 Å². The molecule has 1 saturated heterocycles. The number of hydrogen-bond donors (Lipinski definition) is 1. The molecule has 0 saturated carbocycles. The van der Waals surface area contributed by atoms with Crippen molar-refractivity contribution in [3.8, 4) is 0 Å². The molecule has 0 spiro atoms. The molecule has 2 atom stereocenters. The maximum atomic E-state index is 12.7. The molecule has 24 heavy (non-hydrogen) atoms. The Morgan fingerprint density at radius 2 is 2.17 bits per heavy atom. The minimum absolute atomic E-state index is 0.0574. The van der Waals surface area contributed by atoms with Crippen LogP contribution in [-0.2, 0) is 4.79 Å². The Labute approximate surface area is 150 Å². The maximum absolute atomic E-state index is 12.7. The monoisotopic (exact) mass is 362 g/mol. The van der Waals surface area contributed by atoms with Gasteiger partial charge < -0.3 is 10.2 Å². The van der Waals surface area contributed by atoms with Crippen molar-refractivity contribution in [2.24, 2.45) is 0 Å². The second-order valence-electron chi connectivity index (χ2n) is 5.92. The second kappa shape index (κ2) is 7.36. The van der Waals surface area contributed by atoms with Crippen LogP contribution in [0.3, 0.4) is 0 Å². The van der Waals surface area contributed by atoms with E-state index in [0.717, 1.165) is 12.0 Å². The third-order valence-corrected chi connectivity index (χ3v) is 5.35. The Bertz CT molecular complexity index is 732. The van der Waals surface area contributed by atoms with Gasteiger partial charge in [-0.3, -0.25) is 9.59 Å². The summed E-state index contributed by atoms with van der Waals surface area (Å²) in [6.07, 6.45) is 1.55. The van der Waals surface area contributed by atoms with Crippen LogP contribution in [0.5, 0.6) is 0 Å². The molecule has 1 aromatic carbocycles. The zero-order valence-electron chi connectivity index (χ0n) is 13.4. The van der Waals surface area contributed by atoms with Crippen molar-refractivity contribution in [3.63, 3.8) is 0 Å². The lowest BCUT2D eigenvalue weighted by atomic mass is 10.1. The summed E-state index contributed by atoms with van der Waals surface area (Å²) < 4.78 is 0. The van der Waals surface area contributed by atoms with Gasteiger partial charge in [0.05, 0.1) is 10.9 Å². The fourth-order valence-corrected chi connectivity index (χ4v) is 3.87. The zero-order chi connectivity index (χ0) is 17.1. The van der Waals surface area contributed by atoms with Crippen LogP contribution in [0.25, 0.3) is 0 Å². The quantitative estimate of drug-likeness (QED) is 0.897. The summed E-state index contributed by atoms with van der Waals surface area (Å²) in [5.41, 5.74) is 0.949. The summed E-state index contributed by atoms with van der Waals surface area (Å²) >= 11 is 7.42. The summed E-state index contributed by atoms with van der Waals surface area (Å²) in [7, 11) is 0. The van der Waals surface area contributed by atoms with Gasteiger partial charge in [-0.2, -0.15) is 0 Å². The number of carbonyl (C=O) groups is 2. The van der Waals surface area contributed by atoms with Crippen molar-refractivity contribution in [3.05, 3.63) is 57.2 Å². The number of amides is 2. The zero-order valence-corrected chi connectivity index (χ0v) is 14.9. The number of nitrogens with one attached hydrogen (secondary N) is 1. The fraction of sp³-hybridized carbons (Fsp3) is 0.333. The fourth-order valence-electron chi connectivity index (χ4n) is 2.99. The summed E-state index contributed by atoms with van der Waals surface area (Å²) in [6.45, 7) is 2.55. The van der Waals surface area contributed by atoms with Gasteiger partial charge in [-0.05, 0) is 48.9 Å². The van der Waals surface area contributed by atoms with Gasteiger partial charge in [0.15, 0.2) is 0 Å². The standard InChI is InChI=1S/C18H19ClN2O2S/c1-12(13-5-2-6-14(19)11-13)20-17(22)15-7-3-9-21(15)18(23)16-8-4-10-24-16/h2,4-6,8,10-12,15H,3,7,9H2,1H3,(H,20,22)/t12-,15-/m1/s1. The third-order valence-electron chi connectivity index (χ3n) is 4.26. The van der Waals surface area contributed by atoms with Crippen LogP contribution in [0.4, 0.5) is 0 Å². The number of nitrogens with zero attached hydrogens (tertiary/aromatic N) is 1. The minimum Gasteiger partial charge on any atom is -0.348 e. The predicted molar refractivity (Wildman–Crippen MR) is 96.4 cm³/mol. The molecule has 1 N–H and O–H groups in total. The van der Waals surface area contributed by atoms with Gasteiger partial charge >= 0.3 is 0 Å². The van der Waals surface area contributed by atoms with Crippen molar-refractivity contribution in [1.29, 1.82) is 0 Å². The molecular formula is C18H19ClN2O2S. The van der Waals surface area contributed by atoms with Crippen LogP contribution in [0, 0.1) is 0 Å². The molecule has 1 aromatic heterocycles. The molecule has 126 valence electrons. The van der Waals surface area contributed by atoms with E-state index in [1.54, 1.807) is 17.0 Å². The first-order valence-corrected chi connectivity index (χ1v) is 9.22. The molecule has 2 amide bonds. The van der Waals surface area contributed by atoms with E-state index in [0.29, 0.717) is 22.9 Å². The highest BCUT2D eigenvalue weighted by atomic mass is 35.5. The van der Waals surface area contributed by atoms with E-state index < -0.39 is 6.04 Å². The normalized spacial score (nSPS) is 18.4. The van der Waals surface area contributed by atoms with Gasteiger partial charge in [-0.25, -0.2) is 0 Å². The second-order valence-corrected chi connectivity index (χ2v) is 7.30. The van der Waals surface area contributed by atoms with Crippen molar-refractivity contribution >= 4 is 34.8 Å². The predicted octanol–water partition coefficient (Wildman–Crippen LogP) is 3.88. The van der Waals surface area contributed by atoms with Crippen LogP contribution < -0.4 is 5.32 Å². The largest absolute Gasteiger partial charge is 0.348 e. The van der Waals surface area contributed by atoms with Crippen LogP contribution >= 0.6 is 22.9 Å². The van der Waals surface area contributed by atoms with Crippen LogP contribution in [-0.4, -0.2) is 29.3 Å². The molecule has 2 aromatic rings. The van der Waals surface area contributed by atoms with Crippen LogP contribution in [0.1, 0.15) is 41.0 Å². The van der Waals surface area contributed by atoms with Gasteiger partial charge in [0.2, 0.25) is 5.91 Å². The molecule has 6 heteroatoms. The van der Waals surface area contributed by atoms with Crippen LogP contribution in [0.2, 0.25) is 5.02 Å². The van der Waals surface area contributed by atoms with E-state index in [1.807, 2.05) is 36.6 Å². The van der Waals surface area contributed by atoms with Crippen molar-refractivity contribution < 1.29 is 9.59 Å². The van der Waals surface area contributed by atoms with Gasteiger partial charge in [0.1, 0.15) is 6.04 Å². The average molecular weight is 363 g/mol. The molecule has 0 aliphatic carbocycles. The number of halogens is 1. The third kappa shape index (κ3) is 3.62. The summed E-state index contributed by atoms with van der Waals surface area (Å²) in [5, 5.41) is 5.52. The lowest BCUT2D eigenvalue weighted by Crippen LogP contribution is -2.46. The molecule has 1 aliphatic heterocycles. The first kappa shape index (κ1) is 17.0. The van der Waals surface area contributed by atoms with Crippen molar-refractivity contribution in [2.75, 3.05) is 6.54 Å². The minimum atomic E-state index is -0.402. The first-order valence-electron chi connectivity index (χ1n) is 7.96. The lowest BCUT2D eigenvalue weighted by Gasteiger charge is -2.25. The molecule has 2 heterocycles. The Balaban J connectivity index is 1.68. The molecule has 0 unspecified atom stereocenters. The number of likely N-dealkylation sites (tertiary alicyclic amines) is 1. The van der Waals surface area contributed by atoms with E-state index in [-0.39, 0.29) is 17.9 Å². The summed E-state index contributed by atoms with van der Waals surface area (Å²) in [6, 6.07) is 10.5. The average Bonchev–Trinajstić information content (AvgIpc) is 3.25. The van der Waals surface area contributed by atoms with Gasteiger partial charge in [-0.15, -0.1) is 11.3 Å². The highest BCUT2D eigenvalue weighted by Crippen LogP contribution is 2.24. The van der Waals surface area contributed by atoms with Gasteiger partial charge in [0, 0.05) is 11.6 Å². The SMILES string of the molecule is C[C@@H](NC(=O)[C@H]1CCCN1C(=O)c1cccs1)c1cccc(Cl)c1. The summed E-state index contributed by atoms with van der Waals surface area (Å²) in [4.78, 5) is 27.6. The van der Waals surface area contributed by atoms with E-state index in [4.69, 9.17) is 11.6 Å². The van der Waals surface area contributed by atoms with E-state index in [1.165, 1.54) is 11.3 Å². The molecule has 4 nitrogen and oxygen atoms in total. The van der Waals surface area contributed by atoms with Crippen molar-refractivity contribution in [2.45, 2.75) is 31.8 Å². The molecule has 1 fully saturated rings. The van der Waals surface area contributed by atoms with E-state index in [2.05, 4.69) is 5.32 Å². The number of benzene rings is 1. The Kier molecular flexibility index (Phi) is 5.21. The Morgan fingerprint density at radius 3 is 2.88 bits per heavy atom. The lowest BCUT2D eigenvalue weighted by molar-refractivity contribution is -0.125. The topological polar surface area (TPSA) is 49.4 Å². The number of hydrogen-bond acceptors (Lipinski definition) is 3. The Morgan fingerprint density at radius 1 is 1.33 bits per heavy atom. The smallest absolute Gasteiger partial charge is 0.264 e. The number of rotatable bonds is 4. The van der Waals surface area contributed by atoms with E-state index >= 15 is 0 Å². The molecular weight excluding hydrogens is 344 g/mol. The van der Waals surface area contributed by atoms with Crippen molar-refractivity contribution in [1.82, 2.24) is 10.2 Å². The molecule has 0 bridgehead atoms. The van der Waals surface area contributed by atoms with E-state index in [9.17, 15) is 9.59 Å². The Hall–Kier alpha value is -1.85. The highest BCUT2D eigenvalue weighted by molar-refractivity contribution is 7.12. The molecule has 3 rings (SSSR count). The van der Waals surface area contributed by atoms with Crippen LogP contribution in [0.15, 0.2) is 41.8 Å². The molecule has 1 aliphatic rings. The molecule has 0 radical (unpaired) electrons. The highest BCUT2D eigenvalue weighted by Gasteiger charge is 2.35.